The molecule has 0 aliphatic heterocycles. The zero-order valence-electron chi connectivity index (χ0n) is 12.4. The van der Waals surface area contributed by atoms with Crippen molar-refractivity contribution in [2.75, 3.05) is 0 Å². The first-order valence-corrected chi connectivity index (χ1v) is 8.34. The van der Waals surface area contributed by atoms with E-state index < -0.39 is 0 Å². The van der Waals surface area contributed by atoms with E-state index in [4.69, 9.17) is 7.85 Å². The van der Waals surface area contributed by atoms with Crippen LogP contribution in [0.1, 0.15) is 52.4 Å². The van der Waals surface area contributed by atoms with Crippen molar-refractivity contribution in [1.82, 2.24) is 0 Å². The highest BCUT2D eigenvalue weighted by Gasteiger charge is 2.52. The maximum Gasteiger partial charge on any atom is 0.0762 e. The lowest BCUT2D eigenvalue weighted by atomic mass is 9.53. The lowest BCUT2D eigenvalue weighted by Gasteiger charge is -2.47. The minimum absolute atomic E-state index is 0.345. The predicted molar refractivity (Wildman–Crippen MR) is 81.1 cm³/mol. The fourth-order valence-electron chi connectivity index (χ4n) is 5.85. The molecular weight excluding hydrogens is 227 g/mol. The Bertz CT molecular complexity index is 458. The van der Waals surface area contributed by atoms with Gasteiger partial charge in [0.2, 0.25) is 0 Å². The SMILES string of the molecule is [B]C1C(C)=CC2C3=C(CCCC3)C3C(C)CCC1C23. The molecule has 0 aromatic rings. The van der Waals surface area contributed by atoms with E-state index in [1.807, 2.05) is 11.1 Å². The molecule has 0 heterocycles. The maximum absolute atomic E-state index is 6.53. The highest BCUT2D eigenvalue weighted by atomic mass is 14.6. The van der Waals surface area contributed by atoms with E-state index in [1.54, 1.807) is 0 Å². The Morgan fingerprint density at radius 1 is 1.11 bits per heavy atom. The van der Waals surface area contributed by atoms with Gasteiger partial charge >= 0.3 is 0 Å². The molecule has 6 unspecified atom stereocenters. The van der Waals surface area contributed by atoms with Gasteiger partial charge in [-0.3, -0.25) is 0 Å². The van der Waals surface area contributed by atoms with Crippen LogP contribution in [0.2, 0.25) is 5.82 Å². The lowest BCUT2D eigenvalue weighted by Crippen LogP contribution is -2.39. The Kier molecular flexibility index (Phi) is 2.76. The van der Waals surface area contributed by atoms with Gasteiger partial charge in [0.25, 0.3) is 0 Å². The monoisotopic (exact) mass is 252 g/mol. The van der Waals surface area contributed by atoms with Crippen LogP contribution >= 0.6 is 0 Å². The molecular formula is C18H25B. The highest BCUT2D eigenvalue weighted by molar-refractivity contribution is 6.14. The molecule has 6 atom stereocenters. The van der Waals surface area contributed by atoms with Gasteiger partial charge in [0, 0.05) is 5.92 Å². The molecule has 0 amide bonds. The van der Waals surface area contributed by atoms with Gasteiger partial charge in [-0.25, -0.2) is 0 Å². The first-order valence-electron chi connectivity index (χ1n) is 8.34. The Morgan fingerprint density at radius 2 is 1.84 bits per heavy atom. The van der Waals surface area contributed by atoms with E-state index in [1.165, 1.54) is 44.1 Å². The van der Waals surface area contributed by atoms with Crippen LogP contribution in [-0.4, -0.2) is 7.85 Å². The van der Waals surface area contributed by atoms with Gasteiger partial charge in [0.05, 0.1) is 7.85 Å². The third-order valence-corrected chi connectivity index (χ3v) is 6.68. The molecule has 0 spiro atoms. The average Bonchev–Trinajstić information content (AvgIpc) is 2.74. The maximum atomic E-state index is 6.53. The molecule has 4 aliphatic carbocycles. The van der Waals surface area contributed by atoms with Crippen LogP contribution < -0.4 is 0 Å². The normalized spacial score (nSPS) is 48.6. The summed E-state index contributed by atoms with van der Waals surface area (Å²) in [5.41, 5.74) is 5.21. The van der Waals surface area contributed by atoms with Crippen molar-refractivity contribution < 1.29 is 0 Å². The summed E-state index contributed by atoms with van der Waals surface area (Å²) >= 11 is 0. The Morgan fingerprint density at radius 3 is 2.63 bits per heavy atom. The summed E-state index contributed by atoms with van der Waals surface area (Å²) in [6, 6.07) is 0. The summed E-state index contributed by atoms with van der Waals surface area (Å²) in [6.07, 6.45) is 11.0. The second kappa shape index (κ2) is 4.27. The van der Waals surface area contributed by atoms with Gasteiger partial charge < -0.3 is 0 Å². The zero-order valence-corrected chi connectivity index (χ0v) is 12.4. The van der Waals surface area contributed by atoms with Crippen LogP contribution in [0.15, 0.2) is 22.8 Å². The van der Waals surface area contributed by atoms with Crippen molar-refractivity contribution in [3.63, 3.8) is 0 Å². The van der Waals surface area contributed by atoms with Gasteiger partial charge in [0.15, 0.2) is 0 Å². The summed E-state index contributed by atoms with van der Waals surface area (Å²) in [5.74, 6) is 4.53. The fourth-order valence-corrected chi connectivity index (χ4v) is 5.85. The minimum Gasteiger partial charge on any atom is -0.0820 e. The average molecular weight is 252 g/mol. The van der Waals surface area contributed by atoms with Crippen LogP contribution in [0.5, 0.6) is 0 Å². The molecule has 1 fully saturated rings. The number of allylic oxidation sites excluding steroid dienone is 4. The topological polar surface area (TPSA) is 0 Å². The van der Waals surface area contributed by atoms with Gasteiger partial charge in [0.1, 0.15) is 0 Å². The van der Waals surface area contributed by atoms with Crippen molar-refractivity contribution >= 4 is 7.85 Å². The third-order valence-electron chi connectivity index (χ3n) is 6.68. The van der Waals surface area contributed by atoms with E-state index in [2.05, 4.69) is 19.9 Å². The first kappa shape index (κ1) is 12.3. The van der Waals surface area contributed by atoms with Crippen LogP contribution in [-0.2, 0) is 0 Å². The standard InChI is InChI=1S/C18H25B/c1-10-7-8-14-17-15(9-11(2)18(14)19)12-5-3-4-6-13(12)16(10)17/h9-10,14-18H,3-8H2,1-2H3. The second-order valence-electron chi connectivity index (χ2n) is 7.54. The van der Waals surface area contributed by atoms with Crippen LogP contribution in [0, 0.1) is 29.6 Å². The molecule has 0 bridgehead atoms. The number of hydrogen-bond acceptors (Lipinski definition) is 0. The summed E-state index contributed by atoms with van der Waals surface area (Å²) in [6.45, 7) is 4.77. The van der Waals surface area contributed by atoms with Crippen LogP contribution in [0.25, 0.3) is 0 Å². The largest absolute Gasteiger partial charge is 0.0820 e. The smallest absolute Gasteiger partial charge is 0.0762 e. The van der Waals surface area contributed by atoms with Crippen molar-refractivity contribution in [1.29, 1.82) is 0 Å². The molecule has 0 aromatic carbocycles. The highest BCUT2D eigenvalue weighted by Crippen LogP contribution is 2.62. The molecule has 100 valence electrons. The van der Waals surface area contributed by atoms with Gasteiger partial charge in [-0.05, 0) is 69.1 Å². The minimum atomic E-state index is 0.345. The van der Waals surface area contributed by atoms with Gasteiger partial charge in [-0.15, -0.1) is 0 Å². The Hall–Kier alpha value is -0.455. The van der Waals surface area contributed by atoms with Crippen LogP contribution in [0.3, 0.4) is 0 Å². The van der Waals surface area contributed by atoms with E-state index in [0.29, 0.717) is 5.82 Å². The van der Waals surface area contributed by atoms with E-state index in [-0.39, 0.29) is 0 Å². The number of rotatable bonds is 0. The molecule has 0 aromatic heterocycles. The quantitative estimate of drug-likeness (QED) is 0.433. The van der Waals surface area contributed by atoms with Crippen LogP contribution in [0.4, 0.5) is 0 Å². The summed E-state index contributed by atoms with van der Waals surface area (Å²) < 4.78 is 0. The van der Waals surface area contributed by atoms with E-state index in [0.717, 1.165) is 29.6 Å². The van der Waals surface area contributed by atoms with Crippen molar-refractivity contribution in [3.05, 3.63) is 22.8 Å². The molecule has 1 heteroatoms. The molecule has 4 rings (SSSR count). The Labute approximate surface area is 119 Å². The van der Waals surface area contributed by atoms with E-state index in [9.17, 15) is 0 Å². The number of fused-ring (bicyclic) bond motifs is 2. The summed E-state index contributed by atoms with van der Waals surface area (Å²) in [7, 11) is 6.53. The molecule has 19 heavy (non-hydrogen) atoms. The fraction of sp³-hybridized carbons (Fsp3) is 0.778. The van der Waals surface area contributed by atoms with Gasteiger partial charge in [-0.2, -0.15) is 0 Å². The first-order chi connectivity index (χ1) is 9.18. The zero-order chi connectivity index (χ0) is 13.1. The predicted octanol–water partition coefficient (Wildman–Crippen LogP) is 4.68. The molecule has 2 radical (unpaired) electrons. The lowest BCUT2D eigenvalue weighted by molar-refractivity contribution is 0.108. The third kappa shape index (κ3) is 1.60. The second-order valence-corrected chi connectivity index (χ2v) is 7.54. The van der Waals surface area contributed by atoms with Gasteiger partial charge in [-0.1, -0.05) is 35.5 Å². The molecule has 0 nitrogen and oxygen atoms in total. The van der Waals surface area contributed by atoms with Crippen molar-refractivity contribution in [2.45, 2.75) is 58.2 Å². The summed E-state index contributed by atoms with van der Waals surface area (Å²) in [4.78, 5) is 0. The van der Waals surface area contributed by atoms with Crippen molar-refractivity contribution in [2.24, 2.45) is 29.6 Å². The molecule has 0 saturated heterocycles. The molecule has 0 N–H and O–H groups in total. The molecule has 1 saturated carbocycles. The Balaban J connectivity index is 1.83. The van der Waals surface area contributed by atoms with Crippen molar-refractivity contribution in [3.8, 4) is 0 Å². The summed E-state index contributed by atoms with van der Waals surface area (Å²) in [5, 5.41) is 0. The van der Waals surface area contributed by atoms with E-state index >= 15 is 0 Å². The molecule has 4 aliphatic rings. The number of hydrogen-bond donors (Lipinski definition) is 0.